The average molecular weight is 185 g/mol. The fourth-order valence-electron chi connectivity index (χ4n) is 1.51. The Morgan fingerprint density at radius 3 is 3.08 bits per heavy atom. The zero-order valence-corrected chi connectivity index (χ0v) is 6.98. The predicted molar refractivity (Wildman–Crippen MR) is 43.6 cm³/mol. The van der Waals surface area contributed by atoms with Crippen LogP contribution in [0.4, 0.5) is 0 Å². The van der Waals surface area contributed by atoms with E-state index in [1.807, 2.05) is 0 Å². The second-order valence-corrected chi connectivity index (χ2v) is 3.85. The van der Waals surface area contributed by atoms with E-state index < -0.39 is 11.9 Å². The summed E-state index contributed by atoms with van der Waals surface area (Å²) < 4.78 is 0. The molecule has 4 nitrogen and oxygen atoms in total. The van der Waals surface area contributed by atoms with Gasteiger partial charge >= 0.3 is 10.8 Å². The molecule has 1 aliphatic carbocycles. The van der Waals surface area contributed by atoms with Gasteiger partial charge in [-0.25, -0.2) is 0 Å². The van der Waals surface area contributed by atoms with Crippen molar-refractivity contribution in [2.75, 3.05) is 0 Å². The number of aryl methyl sites for hydroxylation is 1. The lowest BCUT2D eigenvalue weighted by Crippen LogP contribution is -2.10. The Balaban J connectivity index is 2.47. The van der Waals surface area contributed by atoms with Crippen LogP contribution in [-0.2, 0) is 11.2 Å². The van der Waals surface area contributed by atoms with Crippen molar-refractivity contribution in [3.8, 4) is 0 Å². The van der Waals surface area contributed by atoms with Crippen molar-refractivity contribution < 1.29 is 9.90 Å². The minimum atomic E-state index is -0.845. The number of aromatic nitrogens is 1. The Bertz CT molecular complexity index is 378. The summed E-state index contributed by atoms with van der Waals surface area (Å²) in [6.45, 7) is 0. The minimum absolute atomic E-state index is 0.147. The van der Waals surface area contributed by atoms with E-state index in [2.05, 4.69) is 4.98 Å². The van der Waals surface area contributed by atoms with Crippen LogP contribution in [0.1, 0.15) is 22.9 Å². The van der Waals surface area contributed by atoms with Crippen LogP contribution in [0.25, 0.3) is 0 Å². The van der Waals surface area contributed by atoms with Gasteiger partial charge in [-0.2, -0.15) is 0 Å². The van der Waals surface area contributed by atoms with Crippen LogP contribution in [-0.4, -0.2) is 16.1 Å². The van der Waals surface area contributed by atoms with Crippen molar-refractivity contribution in [2.45, 2.75) is 18.8 Å². The molecule has 1 unspecified atom stereocenters. The normalized spacial score (nSPS) is 20.8. The largest absolute Gasteiger partial charge is 0.481 e. The van der Waals surface area contributed by atoms with Crippen molar-refractivity contribution in [1.82, 2.24) is 4.98 Å². The highest BCUT2D eigenvalue weighted by Gasteiger charge is 2.30. The zero-order valence-electron chi connectivity index (χ0n) is 6.16. The van der Waals surface area contributed by atoms with Crippen LogP contribution >= 0.6 is 11.3 Å². The molecule has 0 spiro atoms. The number of carboxylic acids is 1. The van der Waals surface area contributed by atoms with E-state index in [9.17, 15) is 9.59 Å². The molecule has 1 aromatic heterocycles. The number of carbonyl (C=O) groups is 1. The SMILES string of the molecule is O=C(O)C1CCc2sc(=O)[nH]c21. The predicted octanol–water partition coefficient (Wildman–Crippen LogP) is 0.551. The first kappa shape index (κ1) is 7.54. The summed E-state index contributed by atoms with van der Waals surface area (Å²) >= 11 is 1.12. The van der Waals surface area contributed by atoms with Crippen molar-refractivity contribution in [1.29, 1.82) is 0 Å². The average Bonchev–Trinajstić information content (AvgIpc) is 2.43. The Morgan fingerprint density at radius 2 is 2.42 bits per heavy atom. The van der Waals surface area contributed by atoms with Gasteiger partial charge in [-0.15, -0.1) is 0 Å². The van der Waals surface area contributed by atoms with Crippen molar-refractivity contribution in [3.05, 3.63) is 20.2 Å². The van der Waals surface area contributed by atoms with Gasteiger partial charge in [0.1, 0.15) is 0 Å². The first-order chi connectivity index (χ1) is 5.68. The molecule has 0 aromatic carbocycles. The third-order valence-electron chi connectivity index (χ3n) is 2.06. The molecule has 1 aliphatic rings. The topological polar surface area (TPSA) is 70.2 Å². The molecule has 2 N–H and O–H groups in total. The lowest BCUT2D eigenvalue weighted by atomic mass is 10.1. The fraction of sp³-hybridized carbons (Fsp3) is 0.429. The summed E-state index contributed by atoms with van der Waals surface area (Å²) in [5, 5.41) is 8.75. The third-order valence-corrected chi connectivity index (χ3v) is 3.02. The van der Waals surface area contributed by atoms with Crippen LogP contribution < -0.4 is 4.87 Å². The molecule has 0 fully saturated rings. The second-order valence-electron chi connectivity index (χ2n) is 2.78. The Labute approximate surface area is 71.9 Å². The van der Waals surface area contributed by atoms with Gasteiger partial charge < -0.3 is 10.1 Å². The molecule has 12 heavy (non-hydrogen) atoms. The molecule has 0 bridgehead atoms. The molecule has 2 rings (SSSR count). The van der Waals surface area contributed by atoms with Crippen molar-refractivity contribution in [2.24, 2.45) is 0 Å². The Kier molecular flexibility index (Phi) is 1.54. The van der Waals surface area contributed by atoms with Crippen molar-refractivity contribution >= 4 is 17.3 Å². The number of aromatic amines is 1. The number of aliphatic carboxylic acids is 1. The van der Waals surface area contributed by atoms with Gasteiger partial charge in [-0.3, -0.25) is 9.59 Å². The molecule has 0 radical (unpaired) electrons. The maximum absolute atomic E-state index is 10.8. The molecule has 1 heterocycles. The van der Waals surface area contributed by atoms with Gasteiger partial charge in [0.2, 0.25) is 0 Å². The van der Waals surface area contributed by atoms with Gasteiger partial charge in [0.25, 0.3) is 0 Å². The molecule has 1 atom stereocenters. The van der Waals surface area contributed by atoms with Gasteiger partial charge in [-0.05, 0) is 12.8 Å². The third kappa shape index (κ3) is 0.972. The van der Waals surface area contributed by atoms with E-state index in [-0.39, 0.29) is 4.87 Å². The zero-order chi connectivity index (χ0) is 8.72. The van der Waals surface area contributed by atoms with Crippen LogP contribution in [0, 0.1) is 0 Å². The van der Waals surface area contributed by atoms with Crippen LogP contribution in [0.15, 0.2) is 4.79 Å². The highest BCUT2D eigenvalue weighted by molar-refractivity contribution is 7.09. The molecule has 0 saturated carbocycles. The van der Waals surface area contributed by atoms with Crippen LogP contribution in [0.5, 0.6) is 0 Å². The van der Waals surface area contributed by atoms with E-state index >= 15 is 0 Å². The number of hydrogen-bond acceptors (Lipinski definition) is 3. The van der Waals surface area contributed by atoms with E-state index in [0.29, 0.717) is 12.1 Å². The lowest BCUT2D eigenvalue weighted by molar-refractivity contribution is -0.138. The number of hydrogen-bond donors (Lipinski definition) is 2. The summed E-state index contributed by atoms with van der Waals surface area (Å²) in [7, 11) is 0. The maximum Gasteiger partial charge on any atom is 0.312 e. The highest BCUT2D eigenvalue weighted by Crippen LogP contribution is 2.32. The molecular formula is C7H7NO3S. The fourth-order valence-corrected chi connectivity index (χ4v) is 2.41. The van der Waals surface area contributed by atoms with E-state index in [1.54, 1.807) is 0 Å². The highest BCUT2D eigenvalue weighted by atomic mass is 32.1. The molecule has 1 aromatic rings. The molecule has 0 saturated heterocycles. The molecule has 0 amide bonds. The maximum atomic E-state index is 10.8. The number of rotatable bonds is 1. The molecule has 0 aliphatic heterocycles. The van der Waals surface area contributed by atoms with Gasteiger partial charge in [0.05, 0.1) is 5.92 Å². The van der Waals surface area contributed by atoms with E-state index in [4.69, 9.17) is 5.11 Å². The van der Waals surface area contributed by atoms with Crippen LogP contribution in [0.3, 0.4) is 0 Å². The smallest absolute Gasteiger partial charge is 0.312 e. The quantitative estimate of drug-likeness (QED) is 0.671. The number of H-pyrrole nitrogens is 1. The Hall–Kier alpha value is -1.10. The number of carboxylic acid groups (broad SMARTS) is 1. The summed E-state index contributed by atoms with van der Waals surface area (Å²) in [5.74, 6) is -1.33. The standard InChI is InChI=1S/C7H7NO3S/c9-6(10)3-1-2-4-5(3)8-7(11)12-4/h3H,1-2H2,(H,8,11)(H,9,10). The minimum Gasteiger partial charge on any atom is -0.481 e. The van der Waals surface area contributed by atoms with Gasteiger partial charge in [0.15, 0.2) is 0 Å². The number of nitrogens with one attached hydrogen (secondary N) is 1. The van der Waals surface area contributed by atoms with E-state index in [0.717, 1.165) is 22.6 Å². The number of thiazole rings is 1. The summed E-state index contributed by atoms with van der Waals surface area (Å²) in [4.78, 5) is 24.8. The monoisotopic (exact) mass is 185 g/mol. The summed E-state index contributed by atoms with van der Waals surface area (Å²) in [6, 6.07) is 0. The van der Waals surface area contributed by atoms with Crippen LogP contribution in [0.2, 0.25) is 0 Å². The first-order valence-corrected chi connectivity index (χ1v) is 4.45. The molecule has 64 valence electrons. The molecular weight excluding hydrogens is 178 g/mol. The summed E-state index contributed by atoms with van der Waals surface area (Å²) in [5.41, 5.74) is 0.623. The van der Waals surface area contributed by atoms with Crippen molar-refractivity contribution in [3.63, 3.8) is 0 Å². The first-order valence-electron chi connectivity index (χ1n) is 3.63. The molecule has 5 heteroatoms. The Morgan fingerprint density at radius 1 is 1.67 bits per heavy atom. The number of fused-ring (bicyclic) bond motifs is 1. The second kappa shape index (κ2) is 2.45. The summed E-state index contributed by atoms with van der Waals surface area (Å²) in [6.07, 6.45) is 1.34. The van der Waals surface area contributed by atoms with Gasteiger partial charge in [-0.1, -0.05) is 11.3 Å². The van der Waals surface area contributed by atoms with E-state index in [1.165, 1.54) is 0 Å². The van der Waals surface area contributed by atoms with Gasteiger partial charge in [0, 0.05) is 10.6 Å². The lowest BCUT2D eigenvalue weighted by Gasteiger charge is -2.00.